The van der Waals surface area contributed by atoms with Crippen molar-refractivity contribution in [1.29, 1.82) is 0 Å². The summed E-state index contributed by atoms with van der Waals surface area (Å²) in [6.45, 7) is 0.0913. The van der Waals surface area contributed by atoms with E-state index in [0.29, 0.717) is 0 Å². The van der Waals surface area contributed by atoms with E-state index in [9.17, 15) is 26.0 Å². The number of benzene rings is 1. The molecule has 1 amide bonds. The predicted octanol–water partition coefficient (Wildman–Crippen LogP) is -0.362. The molecule has 0 heterocycles. The molecule has 7 nitrogen and oxygen atoms in total. The quantitative estimate of drug-likeness (QED) is 0.686. The maximum atomic E-state index is 13.3. The third kappa shape index (κ3) is 5.78. The van der Waals surface area contributed by atoms with Crippen molar-refractivity contribution in [3.8, 4) is 0 Å². The molecule has 0 unspecified atom stereocenters. The number of carbonyl (C=O) groups is 1. The fourth-order valence-electron chi connectivity index (χ4n) is 1.50. The second-order valence-electron chi connectivity index (χ2n) is 4.43. The van der Waals surface area contributed by atoms with Gasteiger partial charge in [-0.05, 0) is 24.6 Å². The van der Waals surface area contributed by atoms with Crippen molar-refractivity contribution in [3.05, 3.63) is 29.6 Å². The maximum Gasteiger partial charge on any atom is 0.251 e. The standard InChI is InChI=1S/C11H15FN2O5S2/c1-20(16,17)6-2-5-14-11(15)8-3-4-9(12)10(7-8)21(13,18)19/h3-4,7H,2,5-6H2,1H3,(H,14,15)(H2,13,18,19). The lowest BCUT2D eigenvalue weighted by Gasteiger charge is -2.07. The normalized spacial score (nSPS) is 12.1. The average Bonchev–Trinajstić information content (AvgIpc) is 2.32. The van der Waals surface area contributed by atoms with Crippen LogP contribution in [-0.4, -0.2) is 41.3 Å². The number of primary sulfonamides is 1. The van der Waals surface area contributed by atoms with E-state index in [1.54, 1.807) is 0 Å². The Kier molecular flexibility index (Phi) is 5.42. The molecule has 0 aliphatic carbocycles. The molecule has 10 heteroatoms. The lowest BCUT2D eigenvalue weighted by atomic mass is 10.2. The van der Waals surface area contributed by atoms with Gasteiger partial charge in [-0.15, -0.1) is 0 Å². The minimum Gasteiger partial charge on any atom is -0.352 e. The van der Waals surface area contributed by atoms with E-state index in [4.69, 9.17) is 5.14 Å². The van der Waals surface area contributed by atoms with E-state index >= 15 is 0 Å². The fourth-order valence-corrected chi connectivity index (χ4v) is 2.80. The molecule has 1 aromatic carbocycles. The molecule has 0 aromatic heterocycles. The van der Waals surface area contributed by atoms with Gasteiger partial charge in [0.25, 0.3) is 5.91 Å². The van der Waals surface area contributed by atoms with Crippen LogP contribution in [0.3, 0.4) is 0 Å². The van der Waals surface area contributed by atoms with Gasteiger partial charge in [0.15, 0.2) is 0 Å². The highest BCUT2D eigenvalue weighted by Gasteiger charge is 2.17. The molecule has 0 spiro atoms. The third-order valence-corrected chi connectivity index (χ3v) is 4.43. The molecule has 118 valence electrons. The van der Waals surface area contributed by atoms with E-state index in [0.717, 1.165) is 24.5 Å². The zero-order valence-electron chi connectivity index (χ0n) is 11.2. The molecule has 0 atom stereocenters. The maximum absolute atomic E-state index is 13.3. The second kappa shape index (κ2) is 6.50. The Hall–Kier alpha value is -1.52. The Labute approximate surface area is 122 Å². The Morgan fingerprint density at radius 2 is 1.90 bits per heavy atom. The minimum atomic E-state index is -4.27. The Morgan fingerprint density at radius 3 is 2.43 bits per heavy atom. The van der Waals surface area contributed by atoms with Crippen molar-refractivity contribution < 1.29 is 26.0 Å². The van der Waals surface area contributed by atoms with Gasteiger partial charge in [-0.1, -0.05) is 0 Å². The van der Waals surface area contributed by atoms with Gasteiger partial charge >= 0.3 is 0 Å². The number of sulfone groups is 1. The van der Waals surface area contributed by atoms with E-state index in [1.807, 2.05) is 0 Å². The van der Waals surface area contributed by atoms with Gasteiger partial charge in [-0.3, -0.25) is 4.79 Å². The number of hydrogen-bond acceptors (Lipinski definition) is 5. The van der Waals surface area contributed by atoms with Crippen LogP contribution < -0.4 is 10.5 Å². The summed E-state index contributed by atoms with van der Waals surface area (Å²) in [6.07, 6.45) is 1.29. The molecule has 0 saturated carbocycles. The summed E-state index contributed by atoms with van der Waals surface area (Å²) in [6, 6.07) is 2.76. The van der Waals surface area contributed by atoms with Crippen molar-refractivity contribution in [2.75, 3.05) is 18.6 Å². The highest BCUT2D eigenvalue weighted by molar-refractivity contribution is 7.90. The lowest BCUT2D eigenvalue weighted by Crippen LogP contribution is -2.26. The van der Waals surface area contributed by atoms with Gasteiger partial charge in [-0.2, -0.15) is 0 Å². The van der Waals surface area contributed by atoms with Gasteiger partial charge < -0.3 is 5.32 Å². The van der Waals surface area contributed by atoms with E-state index in [-0.39, 0.29) is 24.3 Å². The first-order valence-corrected chi connectivity index (χ1v) is 9.39. The van der Waals surface area contributed by atoms with Gasteiger partial charge in [0.2, 0.25) is 10.0 Å². The molecule has 21 heavy (non-hydrogen) atoms. The van der Waals surface area contributed by atoms with E-state index in [1.165, 1.54) is 0 Å². The largest absolute Gasteiger partial charge is 0.352 e. The van der Waals surface area contributed by atoms with Crippen molar-refractivity contribution >= 4 is 25.8 Å². The zero-order valence-corrected chi connectivity index (χ0v) is 12.8. The molecule has 0 aliphatic rings. The van der Waals surface area contributed by atoms with Crippen LogP contribution in [0.25, 0.3) is 0 Å². The van der Waals surface area contributed by atoms with Crippen molar-refractivity contribution in [2.24, 2.45) is 5.14 Å². The Balaban J connectivity index is 2.76. The Bertz CT molecular complexity index is 744. The first-order chi connectivity index (χ1) is 9.50. The van der Waals surface area contributed by atoms with Crippen molar-refractivity contribution in [1.82, 2.24) is 5.32 Å². The summed E-state index contributed by atoms with van der Waals surface area (Å²) in [7, 11) is -7.38. The van der Waals surface area contributed by atoms with Crippen LogP contribution in [0.1, 0.15) is 16.8 Å². The van der Waals surface area contributed by atoms with E-state index < -0.39 is 36.5 Å². The molecule has 0 fully saturated rings. The zero-order chi connectivity index (χ0) is 16.3. The number of nitrogens with one attached hydrogen (secondary N) is 1. The summed E-state index contributed by atoms with van der Waals surface area (Å²) in [4.78, 5) is 11.0. The average molecular weight is 338 g/mol. The number of halogens is 1. The van der Waals surface area contributed by atoms with Crippen LogP contribution in [0, 0.1) is 5.82 Å². The highest BCUT2D eigenvalue weighted by atomic mass is 32.2. The first-order valence-electron chi connectivity index (χ1n) is 5.79. The number of sulfonamides is 1. The van der Waals surface area contributed by atoms with Gasteiger partial charge in [0, 0.05) is 18.4 Å². The van der Waals surface area contributed by atoms with Gasteiger partial charge in [0.05, 0.1) is 5.75 Å². The van der Waals surface area contributed by atoms with Crippen LogP contribution >= 0.6 is 0 Å². The Morgan fingerprint density at radius 1 is 1.29 bits per heavy atom. The van der Waals surface area contributed by atoms with Crippen LogP contribution in [-0.2, 0) is 19.9 Å². The van der Waals surface area contributed by atoms with Crippen molar-refractivity contribution in [2.45, 2.75) is 11.3 Å². The minimum absolute atomic E-state index is 0.0835. The van der Waals surface area contributed by atoms with Crippen molar-refractivity contribution in [3.63, 3.8) is 0 Å². The van der Waals surface area contributed by atoms with Gasteiger partial charge in [-0.25, -0.2) is 26.4 Å². The number of carbonyl (C=O) groups excluding carboxylic acids is 1. The number of amides is 1. The molecular formula is C11H15FN2O5S2. The molecule has 1 aromatic rings. The summed E-state index contributed by atoms with van der Waals surface area (Å²) in [5.41, 5.74) is -0.0835. The number of rotatable bonds is 6. The first kappa shape index (κ1) is 17.5. The fraction of sp³-hybridized carbons (Fsp3) is 0.364. The van der Waals surface area contributed by atoms with Crippen LogP contribution in [0.15, 0.2) is 23.1 Å². The molecule has 3 N–H and O–H groups in total. The van der Waals surface area contributed by atoms with E-state index in [2.05, 4.69) is 5.32 Å². The SMILES string of the molecule is CS(=O)(=O)CCCNC(=O)c1ccc(F)c(S(N)(=O)=O)c1. The molecule has 1 rings (SSSR count). The van der Waals surface area contributed by atoms with Gasteiger partial charge in [0.1, 0.15) is 20.5 Å². The molecule has 0 saturated heterocycles. The second-order valence-corrected chi connectivity index (χ2v) is 8.22. The topological polar surface area (TPSA) is 123 Å². The highest BCUT2D eigenvalue weighted by Crippen LogP contribution is 2.14. The summed E-state index contributed by atoms with van der Waals surface area (Å²) in [5.74, 6) is -1.78. The molecule has 0 radical (unpaired) electrons. The smallest absolute Gasteiger partial charge is 0.251 e. The summed E-state index contributed by atoms with van der Waals surface area (Å²) < 4.78 is 57.4. The molecular weight excluding hydrogens is 323 g/mol. The number of hydrogen-bond donors (Lipinski definition) is 2. The van der Waals surface area contributed by atoms with Crippen LogP contribution in [0.4, 0.5) is 4.39 Å². The van der Waals surface area contributed by atoms with Crippen LogP contribution in [0.2, 0.25) is 0 Å². The lowest BCUT2D eigenvalue weighted by molar-refractivity contribution is 0.0953. The number of nitrogens with two attached hydrogens (primary N) is 1. The summed E-state index contributed by atoms with van der Waals surface area (Å²) >= 11 is 0. The predicted molar refractivity (Wildman–Crippen MR) is 74.4 cm³/mol. The summed E-state index contributed by atoms with van der Waals surface area (Å²) in [5, 5.41) is 7.24. The monoisotopic (exact) mass is 338 g/mol. The molecule has 0 bridgehead atoms. The third-order valence-electron chi connectivity index (χ3n) is 2.48. The molecule has 0 aliphatic heterocycles. The van der Waals surface area contributed by atoms with Crippen LogP contribution in [0.5, 0.6) is 0 Å².